The Balaban J connectivity index is 1.59. The van der Waals surface area contributed by atoms with Gasteiger partial charge in [-0.1, -0.05) is 30.3 Å². The second kappa shape index (κ2) is 9.21. The predicted octanol–water partition coefficient (Wildman–Crippen LogP) is 5.34. The molecule has 4 nitrogen and oxygen atoms in total. The third kappa shape index (κ3) is 4.99. The number of Topliss-reactive ketones (excluding diaryl/α,β-unsaturated/α-hetero) is 1. The number of carbonyl (C=O) groups excluding carboxylic acids is 1. The summed E-state index contributed by atoms with van der Waals surface area (Å²) in [4.78, 5) is 12.6. The Morgan fingerprint density at radius 3 is 2.35 bits per heavy atom. The summed E-state index contributed by atoms with van der Waals surface area (Å²) in [5.74, 6) is -0.966. The van der Waals surface area contributed by atoms with Crippen LogP contribution in [0.1, 0.15) is 28.7 Å². The van der Waals surface area contributed by atoms with Gasteiger partial charge >= 0.3 is 6.18 Å². The normalized spacial score (nSPS) is 14.1. The van der Waals surface area contributed by atoms with Crippen LogP contribution in [-0.4, -0.2) is 20.7 Å². The van der Waals surface area contributed by atoms with Crippen LogP contribution in [0.2, 0.25) is 0 Å². The maximum atomic E-state index is 13.3. The minimum Gasteiger partial charge on any atom is -0.299 e. The van der Waals surface area contributed by atoms with Gasteiger partial charge in [-0.05, 0) is 65.9 Å². The molecular formula is C25H21F4NO3S. The van der Waals surface area contributed by atoms with Crippen molar-refractivity contribution in [2.75, 3.05) is 10.8 Å². The van der Waals surface area contributed by atoms with Crippen molar-refractivity contribution in [1.29, 1.82) is 0 Å². The highest BCUT2D eigenvalue weighted by Gasteiger charge is 2.33. The molecule has 0 saturated carbocycles. The van der Waals surface area contributed by atoms with Crippen LogP contribution in [0.25, 0.3) is 0 Å². The largest absolute Gasteiger partial charge is 0.416 e. The van der Waals surface area contributed by atoms with Crippen LogP contribution in [0.5, 0.6) is 0 Å². The quantitative estimate of drug-likeness (QED) is 0.438. The van der Waals surface area contributed by atoms with Crippen LogP contribution in [-0.2, 0) is 40.3 Å². The number of anilines is 1. The Morgan fingerprint density at radius 1 is 0.941 bits per heavy atom. The average Bonchev–Trinajstić information content (AvgIpc) is 2.78. The molecule has 0 radical (unpaired) electrons. The molecule has 4 rings (SSSR count). The Hall–Kier alpha value is -3.20. The van der Waals surface area contributed by atoms with Gasteiger partial charge in [-0.2, -0.15) is 13.2 Å². The molecule has 1 aliphatic heterocycles. The molecule has 1 heterocycles. The SMILES string of the molecule is O=C(Cc1ccc2c(c1)N(S(=O)(=O)c1ccc(F)cc1)CCC2)Cc1ccccc1C(F)(F)F. The molecule has 3 aromatic carbocycles. The first-order valence-corrected chi connectivity index (χ1v) is 12.1. The molecule has 178 valence electrons. The van der Waals surface area contributed by atoms with Crippen molar-refractivity contribution in [3.05, 3.63) is 94.8 Å². The Labute approximate surface area is 194 Å². The molecular weight excluding hydrogens is 470 g/mol. The summed E-state index contributed by atoms with van der Waals surface area (Å²) in [6.07, 6.45) is -3.83. The fourth-order valence-electron chi connectivity index (χ4n) is 4.13. The van der Waals surface area contributed by atoms with Crippen LogP contribution in [0.15, 0.2) is 71.6 Å². The van der Waals surface area contributed by atoms with Crippen molar-refractivity contribution in [1.82, 2.24) is 0 Å². The molecule has 0 atom stereocenters. The van der Waals surface area contributed by atoms with Crippen LogP contribution in [0, 0.1) is 5.82 Å². The summed E-state index contributed by atoms with van der Waals surface area (Å²) in [5, 5.41) is 0. The second-order valence-corrected chi connectivity index (χ2v) is 10.0. The van der Waals surface area contributed by atoms with Crippen molar-refractivity contribution < 1.29 is 30.8 Å². The highest BCUT2D eigenvalue weighted by Crippen LogP contribution is 2.34. The van der Waals surface area contributed by atoms with Crippen molar-refractivity contribution in [2.45, 2.75) is 36.8 Å². The zero-order valence-corrected chi connectivity index (χ0v) is 18.8. The summed E-state index contributed by atoms with van der Waals surface area (Å²) < 4.78 is 80.6. The fourth-order valence-corrected chi connectivity index (χ4v) is 5.67. The van der Waals surface area contributed by atoms with E-state index in [2.05, 4.69) is 0 Å². The number of carbonyl (C=O) groups is 1. The smallest absolute Gasteiger partial charge is 0.299 e. The number of benzene rings is 3. The summed E-state index contributed by atoms with van der Waals surface area (Å²) in [6, 6.07) is 14.5. The number of ketones is 1. The molecule has 0 fully saturated rings. The van der Waals surface area contributed by atoms with Gasteiger partial charge in [-0.15, -0.1) is 0 Å². The van der Waals surface area contributed by atoms with E-state index in [1.54, 1.807) is 18.2 Å². The lowest BCUT2D eigenvalue weighted by Crippen LogP contribution is -2.35. The number of aryl methyl sites for hydroxylation is 1. The minimum atomic E-state index is -4.56. The lowest BCUT2D eigenvalue weighted by atomic mass is 9.96. The van der Waals surface area contributed by atoms with E-state index in [1.165, 1.54) is 34.6 Å². The predicted molar refractivity (Wildman–Crippen MR) is 120 cm³/mol. The van der Waals surface area contributed by atoms with E-state index in [0.717, 1.165) is 23.8 Å². The number of hydrogen-bond donors (Lipinski definition) is 0. The summed E-state index contributed by atoms with van der Waals surface area (Å²) >= 11 is 0. The zero-order chi connectivity index (χ0) is 24.5. The van der Waals surface area contributed by atoms with Crippen molar-refractivity contribution >= 4 is 21.5 Å². The molecule has 0 aliphatic carbocycles. The van der Waals surface area contributed by atoms with Gasteiger partial charge in [0.05, 0.1) is 16.1 Å². The second-order valence-electron chi connectivity index (χ2n) is 8.14. The summed E-state index contributed by atoms with van der Waals surface area (Å²) in [5.41, 5.74) is 0.783. The van der Waals surface area contributed by atoms with E-state index >= 15 is 0 Å². The minimum absolute atomic E-state index is 0.0491. The van der Waals surface area contributed by atoms with E-state index in [9.17, 15) is 30.8 Å². The third-order valence-corrected chi connectivity index (χ3v) is 7.57. The lowest BCUT2D eigenvalue weighted by Gasteiger charge is -2.31. The lowest BCUT2D eigenvalue weighted by molar-refractivity contribution is -0.138. The van der Waals surface area contributed by atoms with E-state index < -0.39 is 33.4 Å². The first kappa shape index (κ1) is 23.9. The number of rotatable bonds is 6. The number of halogens is 4. The van der Waals surface area contributed by atoms with E-state index in [0.29, 0.717) is 24.1 Å². The zero-order valence-electron chi connectivity index (χ0n) is 18.0. The Kier molecular flexibility index (Phi) is 6.49. The standard InChI is InChI=1S/C25H21F4NO3S/c26-20-9-11-22(12-10-20)34(32,33)30-13-3-5-18-8-7-17(15-24(18)30)14-21(31)16-19-4-1-2-6-23(19)25(27,28)29/h1-2,4,6-12,15H,3,5,13-14,16H2. The molecule has 0 unspecified atom stereocenters. The molecule has 0 saturated heterocycles. The molecule has 0 spiro atoms. The third-order valence-electron chi connectivity index (χ3n) is 5.74. The van der Waals surface area contributed by atoms with Crippen molar-refractivity contribution in [2.24, 2.45) is 0 Å². The van der Waals surface area contributed by atoms with Gasteiger partial charge in [0, 0.05) is 19.4 Å². The van der Waals surface area contributed by atoms with Crippen LogP contribution in [0.3, 0.4) is 0 Å². The van der Waals surface area contributed by atoms with E-state index in [1.807, 2.05) is 0 Å². The number of nitrogens with zero attached hydrogens (tertiary/aromatic N) is 1. The number of fused-ring (bicyclic) bond motifs is 1. The number of hydrogen-bond acceptors (Lipinski definition) is 3. The highest BCUT2D eigenvalue weighted by atomic mass is 32.2. The maximum absolute atomic E-state index is 13.3. The first-order chi connectivity index (χ1) is 16.1. The van der Waals surface area contributed by atoms with Gasteiger partial charge in [0.1, 0.15) is 11.6 Å². The van der Waals surface area contributed by atoms with Gasteiger partial charge < -0.3 is 0 Å². The molecule has 1 aliphatic rings. The molecule has 0 amide bonds. The molecule has 9 heteroatoms. The Bertz CT molecular complexity index is 1320. The molecule has 0 bridgehead atoms. The topological polar surface area (TPSA) is 54.5 Å². The molecule has 0 N–H and O–H groups in total. The first-order valence-electron chi connectivity index (χ1n) is 10.6. The van der Waals surface area contributed by atoms with Gasteiger partial charge in [0.15, 0.2) is 0 Å². The van der Waals surface area contributed by atoms with E-state index in [-0.39, 0.29) is 29.8 Å². The Morgan fingerprint density at radius 2 is 1.65 bits per heavy atom. The van der Waals surface area contributed by atoms with Gasteiger partial charge in [-0.25, -0.2) is 12.8 Å². The number of alkyl halides is 3. The maximum Gasteiger partial charge on any atom is 0.416 e. The van der Waals surface area contributed by atoms with E-state index in [4.69, 9.17) is 0 Å². The number of sulfonamides is 1. The van der Waals surface area contributed by atoms with Crippen molar-refractivity contribution in [3.8, 4) is 0 Å². The summed E-state index contributed by atoms with van der Waals surface area (Å²) in [6.45, 7) is 0.225. The highest BCUT2D eigenvalue weighted by molar-refractivity contribution is 7.92. The summed E-state index contributed by atoms with van der Waals surface area (Å²) in [7, 11) is -3.95. The van der Waals surface area contributed by atoms with Crippen LogP contribution >= 0.6 is 0 Å². The van der Waals surface area contributed by atoms with Crippen molar-refractivity contribution in [3.63, 3.8) is 0 Å². The van der Waals surface area contributed by atoms with Crippen LogP contribution < -0.4 is 4.31 Å². The van der Waals surface area contributed by atoms with Crippen LogP contribution in [0.4, 0.5) is 23.2 Å². The molecule has 34 heavy (non-hydrogen) atoms. The monoisotopic (exact) mass is 491 g/mol. The fraction of sp³-hybridized carbons (Fsp3) is 0.240. The average molecular weight is 492 g/mol. The van der Waals surface area contributed by atoms with Gasteiger partial charge in [0.2, 0.25) is 0 Å². The van der Waals surface area contributed by atoms with Gasteiger partial charge in [-0.3, -0.25) is 9.10 Å². The molecule has 0 aromatic heterocycles. The van der Waals surface area contributed by atoms with Gasteiger partial charge in [0.25, 0.3) is 10.0 Å². The molecule has 3 aromatic rings.